The summed E-state index contributed by atoms with van der Waals surface area (Å²) in [6.07, 6.45) is 2.52. The van der Waals surface area contributed by atoms with Crippen LogP contribution < -0.4 is 5.73 Å². The Morgan fingerprint density at radius 1 is 1.38 bits per heavy atom. The molecule has 2 rings (SSSR count). The second-order valence-corrected chi connectivity index (χ2v) is 5.66. The van der Waals surface area contributed by atoms with E-state index in [2.05, 4.69) is 52.1 Å². The fourth-order valence-corrected chi connectivity index (χ4v) is 2.72. The molecule has 1 aliphatic heterocycles. The normalized spacial score (nSPS) is 24.3. The zero-order chi connectivity index (χ0) is 11.5. The quantitative estimate of drug-likeness (QED) is 0.904. The summed E-state index contributed by atoms with van der Waals surface area (Å²) in [4.78, 5) is 2.38. The average Bonchev–Trinajstić information content (AvgIpc) is 2.29. The van der Waals surface area contributed by atoms with Crippen molar-refractivity contribution in [2.45, 2.75) is 18.9 Å². The third-order valence-electron chi connectivity index (χ3n) is 3.42. The Labute approximate surface area is 106 Å². The molecule has 2 atom stereocenters. The fraction of sp³-hybridized carbons (Fsp3) is 0.538. The van der Waals surface area contributed by atoms with Crippen molar-refractivity contribution >= 4 is 15.9 Å². The minimum absolute atomic E-state index is 0.177. The molecule has 1 aromatic rings. The highest BCUT2D eigenvalue weighted by Crippen LogP contribution is 2.28. The van der Waals surface area contributed by atoms with Gasteiger partial charge < -0.3 is 10.6 Å². The molecule has 2 N–H and O–H groups in total. The molecule has 0 amide bonds. The van der Waals surface area contributed by atoms with Gasteiger partial charge in [0.1, 0.15) is 0 Å². The molecule has 1 saturated heterocycles. The lowest BCUT2D eigenvalue weighted by molar-refractivity contribution is 0.188. The minimum atomic E-state index is 0.177. The second kappa shape index (κ2) is 5.30. The van der Waals surface area contributed by atoms with Crippen LogP contribution in [0.25, 0.3) is 0 Å². The van der Waals surface area contributed by atoms with Crippen molar-refractivity contribution in [3.63, 3.8) is 0 Å². The van der Waals surface area contributed by atoms with E-state index in [9.17, 15) is 0 Å². The van der Waals surface area contributed by atoms with E-state index < -0.39 is 0 Å². The van der Waals surface area contributed by atoms with Crippen molar-refractivity contribution in [3.8, 4) is 0 Å². The highest BCUT2D eigenvalue weighted by atomic mass is 79.9. The van der Waals surface area contributed by atoms with Crippen molar-refractivity contribution < 1.29 is 0 Å². The molecule has 1 aliphatic rings. The van der Waals surface area contributed by atoms with Gasteiger partial charge in [0.2, 0.25) is 0 Å². The molecular weight excluding hydrogens is 264 g/mol. The predicted octanol–water partition coefficient (Wildman–Crippen LogP) is 2.79. The number of nitrogens with two attached hydrogens (primary N) is 1. The fourth-order valence-electron chi connectivity index (χ4n) is 2.46. The van der Waals surface area contributed by atoms with E-state index in [-0.39, 0.29) is 6.04 Å². The molecule has 2 nitrogen and oxygen atoms in total. The van der Waals surface area contributed by atoms with Gasteiger partial charge in [0.25, 0.3) is 0 Å². The maximum absolute atomic E-state index is 6.34. The summed E-state index contributed by atoms with van der Waals surface area (Å²) < 4.78 is 1.12. The van der Waals surface area contributed by atoms with Crippen molar-refractivity contribution in [1.29, 1.82) is 0 Å². The summed E-state index contributed by atoms with van der Waals surface area (Å²) in [5.74, 6) is 0.597. The van der Waals surface area contributed by atoms with E-state index in [1.54, 1.807) is 0 Å². The van der Waals surface area contributed by atoms with Crippen LogP contribution in [0.1, 0.15) is 24.4 Å². The maximum Gasteiger partial charge on any atom is 0.0335 e. The van der Waals surface area contributed by atoms with Crippen LogP contribution >= 0.6 is 15.9 Å². The summed E-state index contributed by atoms with van der Waals surface area (Å²) in [5.41, 5.74) is 7.59. The van der Waals surface area contributed by atoms with Crippen LogP contribution in [-0.2, 0) is 0 Å². The van der Waals surface area contributed by atoms with Gasteiger partial charge in [0, 0.05) is 17.1 Å². The minimum Gasteiger partial charge on any atom is -0.324 e. The van der Waals surface area contributed by atoms with Gasteiger partial charge in [-0.1, -0.05) is 28.1 Å². The molecule has 88 valence electrons. The van der Waals surface area contributed by atoms with Gasteiger partial charge in [0.05, 0.1) is 0 Å². The van der Waals surface area contributed by atoms with Gasteiger partial charge in [-0.2, -0.15) is 0 Å². The third kappa shape index (κ3) is 2.84. The number of rotatable bonds is 2. The number of halogens is 1. The Balaban J connectivity index is 2.06. The highest BCUT2D eigenvalue weighted by molar-refractivity contribution is 9.10. The topological polar surface area (TPSA) is 29.3 Å². The molecule has 1 fully saturated rings. The van der Waals surface area contributed by atoms with Crippen molar-refractivity contribution in [2.75, 3.05) is 20.1 Å². The summed E-state index contributed by atoms with van der Waals surface area (Å²) in [5, 5.41) is 0. The smallest absolute Gasteiger partial charge is 0.0335 e. The van der Waals surface area contributed by atoms with E-state index in [4.69, 9.17) is 5.73 Å². The van der Waals surface area contributed by atoms with Gasteiger partial charge in [-0.25, -0.2) is 0 Å². The first kappa shape index (κ1) is 12.1. The molecule has 0 aromatic heterocycles. The maximum atomic E-state index is 6.34. The number of hydrogen-bond acceptors (Lipinski definition) is 2. The van der Waals surface area contributed by atoms with Crippen LogP contribution in [0.5, 0.6) is 0 Å². The Morgan fingerprint density at radius 2 is 2.06 bits per heavy atom. The van der Waals surface area contributed by atoms with E-state index in [0.29, 0.717) is 5.92 Å². The first-order chi connectivity index (χ1) is 7.66. The summed E-state index contributed by atoms with van der Waals surface area (Å²) in [6.45, 7) is 2.33. The number of hydrogen-bond donors (Lipinski definition) is 1. The van der Waals surface area contributed by atoms with E-state index in [1.807, 2.05) is 0 Å². The first-order valence-electron chi connectivity index (χ1n) is 5.86. The average molecular weight is 283 g/mol. The summed E-state index contributed by atoms with van der Waals surface area (Å²) in [6, 6.07) is 8.58. The molecule has 16 heavy (non-hydrogen) atoms. The van der Waals surface area contributed by atoms with Crippen LogP contribution in [0.2, 0.25) is 0 Å². The van der Waals surface area contributed by atoms with E-state index in [0.717, 1.165) is 11.0 Å². The van der Waals surface area contributed by atoms with Crippen LogP contribution in [0.15, 0.2) is 28.7 Å². The third-order valence-corrected chi connectivity index (χ3v) is 3.95. The van der Waals surface area contributed by atoms with Crippen molar-refractivity contribution in [1.82, 2.24) is 4.90 Å². The van der Waals surface area contributed by atoms with Crippen LogP contribution in [0.4, 0.5) is 0 Å². The van der Waals surface area contributed by atoms with Gasteiger partial charge in [0.15, 0.2) is 0 Å². The van der Waals surface area contributed by atoms with E-state index >= 15 is 0 Å². The van der Waals surface area contributed by atoms with Gasteiger partial charge in [-0.3, -0.25) is 0 Å². The molecular formula is C13H19BrN2. The zero-order valence-electron chi connectivity index (χ0n) is 9.70. The Hall–Kier alpha value is -0.380. The summed E-state index contributed by atoms with van der Waals surface area (Å²) in [7, 11) is 2.18. The van der Waals surface area contributed by atoms with Crippen molar-refractivity contribution in [3.05, 3.63) is 34.3 Å². The van der Waals surface area contributed by atoms with Gasteiger partial charge in [-0.05, 0) is 50.0 Å². The number of piperidine rings is 1. The Morgan fingerprint density at radius 3 is 2.69 bits per heavy atom. The number of nitrogens with zero attached hydrogens (tertiary/aromatic N) is 1. The monoisotopic (exact) mass is 282 g/mol. The van der Waals surface area contributed by atoms with E-state index in [1.165, 1.54) is 24.9 Å². The predicted molar refractivity (Wildman–Crippen MR) is 71.3 cm³/mol. The van der Waals surface area contributed by atoms with Gasteiger partial charge >= 0.3 is 0 Å². The lowest BCUT2D eigenvalue weighted by atomic mass is 9.87. The second-order valence-electron chi connectivity index (χ2n) is 4.74. The molecule has 0 radical (unpaired) electrons. The molecule has 0 saturated carbocycles. The summed E-state index contributed by atoms with van der Waals surface area (Å²) >= 11 is 3.45. The molecule has 2 unspecified atom stereocenters. The molecule has 3 heteroatoms. The Kier molecular flexibility index (Phi) is 4.00. The highest BCUT2D eigenvalue weighted by Gasteiger charge is 2.24. The van der Waals surface area contributed by atoms with Crippen LogP contribution in [0, 0.1) is 5.92 Å². The number of likely N-dealkylation sites (tertiary alicyclic amines) is 1. The van der Waals surface area contributed by atoms with Crippen molar-refractivity contribution in [2.24, 2.45) is 11.7 Å². The largest absolute Gasteiger partial charge is 0.324 e. The lowest BCUT2D eigenvalue weighted by Crippen LogP contribution is -2.37. The Bertz CT molecular complexity index is 336. The SMILES string of the molecule is CN1CCCC(C(N)c2ccc(Br)cc2)C1. The molecule has 0 aliphatic carbocycles. The molecule has 0 bridgehead atoms. The molecule has 0 spiro atoms. The first-order valence-corrected chi connectivity index (χ1v) is 6.65. The lowest BCUT2D eigenvalue weighted by Gasteiger charge is -2.33. The number of benzene rings is 1. The molecule has 1 aromatic carbocycles. The molecule has 1 heterocycles. The van der Waals surface area contributed by atoms with Crippen LogP contribution in [0.3, 0.4) is 0 Å². The van der Waals surface area contributed by atoms with Crippen LogP contribution in [-0.4, -0.2) is 25.0 Å². The zero-order valence-corrected chi connectivity index (χ0v) is 11.3. The van der Waals surface area contributed by atoms with Gasteiger partial charge in [-0.15, -0.1) is 0 Å². The standard InChI is InChI=1S/C13H19BrN2/c1-16-8-2-3-11(9-16)13(15)10-4-6-12(14)7-5-10/h4-7,11,13H,2-3,8-9,15H2,1H3.